The van der Waals surface area contributed by atoms with Crippen LogP contribution in [0, 0.1) is 11.3 Å². The van der Waals surface area contributed by atoms with Crippen LogP contribution in [0.1, 0.15) is 36.3 Å². The quantitative estimate of drug-likeness (QED) is 0.747. The van der Waals surface area contributed by atoms with E-state index in [1.54, 1.807) is 21.3 Å². The maximum Gasteiger partial charge on any atom is 0.161 e. The second-order valence-corrected chi connectivity index (χ2v) is 7.49. The van der Waals surface area contributed by atoms with E-state index in [1.165, 1.54) is 0 Å². The molecule has 2 heterocycles. The summed E-state index contributed by atoms with van der Waals surface area (Å²) in [6.45, 7) is 0.950. The molecular formula is C24H26N2O3. The summed E-state index contributed by atoms with van der Waals surface area (Å²) >= 11 is 0. The van der Waals surface area contributed by atoms with Crippen molar-refractivity contribution in [3.63, 3.8) is 0 Å². The first kappa shape index (κ1) is 19.2. The first-order chi connectivity index (χ1) is 14.2. The summed E-state index contributed by atoms with van der Waals surface area (Å²) in [6, 6.07) is 17.0. The summed E-state index contributed by atoms with van der Waals surface area (Å²) in [7, 11) is 4.96. The molecule has 5 heteroatoms. The van der Waals surface area contributed by atoms with Crippen LogP contribution in [0.5, 0.6) is 17.2 Å². The molecule has 2 atom stereocenters. The fourth-order valence-electron chi connectivity index (χ4n) is 4.69. The standard InChI is InChI=1S/C24H26N2O3/c1-27-19-9-6-16(7-10-19)24-20(14-18-5-4-12-26(18)21(24)15-25)17-8-11-22(28-2)23(13-17)29-3/h6-11,13,18,20H,4-5,12,14H2,1-3H3/t18-,20-/m1/s1. The van der Waals surface area contributed by atoms with Gasteiger partial charge in [0.05, 0.1) is 21.3 Å². The highest BCUT2D eigenvalue weighted by molar-refractivity contribution is 5.78. The Kier molecular flexibility index (Phi) is 5.35. The van der Waals surface area contributed by atoms with Crippen LogP contribution in [-0.4, -0.2) is 38.8 Å². The molecule has 0 amide bonds. The van der Waals surface area contributed by atoms with Crippen LogP contribution >= 0.6 is 0 Å². The first-order valence-corrected chi connectivity index (χ1v) is 9.97. The smallest absolute Gasteiger partial charge is 0.161 e. The van der Waals surface area contributed by atoms with E-state index >= 15 is 0 Å². The Hall–Kier alpha value is -3.13. The summed E-state index contributed by atoms with van der Waals surface area (Å²) in [5, 5.41) is 10.1. The van der Waals surface area contributed by atoms with Gasteiger partial charge in [0.15, 0.2) is 11.5 Å². The molecule has 2 aromatic rings. The molecule has 150 valence electrons. The molecule has 4 rings (SSSR count). The van der Waals surface area contributed by atoms with E-state index in [2.05, 4.69) is 29.2 Å². The van der Waals surface area contributed by atoms with E-state index in [1.807, 2.05) is 24.3 Å². The van der Waals surface area contributed by atoms with Gasteiger partial charge in [0, 0.05) is 24.1 Å². The topological polar surface area (TPSA) is 54.7 Å². The van der Waals surface area contributed by atoms with E-state index in [9.17, 15) is 5.26 Å². The lowest BCUT2D eigenvalue weighted by atomic mass is 9.78. The first-order valence-electron chi connectivity index (χ1n) is 9.97. The maximum atomic E-state index is 10.1. The van der Waals surface area contributed by atoms with Crippen LogP contribution in [-0.2, 0) is 0 Å². The molecule has 2 aromatic carbocycles. The minimum Gasteiger partial charge on any atom is -0.497 e. The van der Waals surface area contributed by atoms with Gasteiger partial charge in [-0.3, -0.25) is 0 Å². The Balaban J connectivity index is 1.86. The number of methoxy groups -OCH3 is 3. The number of allylic oxidation sites excluding steroid dienone is 2. The predicted octanol–water partition coefficient (Wildman–Crippen LogP) is 4.60. The van der Waals surface area contributed by atoms with Gasteiger partial charge in [-0.25, -0.2) is 0 Å². The molecule has 1 saturated heterocycles. The van der Waals surface area contributed by atoms with E-state index in [0.717, 1.165) is 54.0 Å². The third-order valence-electron chi connectivity index (χ3n) is 6.09. The van der Waals surface area contributed by atoms with Crippen LogP contribution in [0.25, 0.3) is 5.57 Å². The molecule has 0 spiro atoms. The number of fused-ring (bicyclic) bond motifs is 1. The molecule has 1 fully saturated rings. The molecule has 0 radical (unpaired) electrons. The van der Waals surface area contributed by atoms with Crippen molar-refractivity contribution >= 4 is 5.57 Å². The Morgan fingerprint density at radius 2 is 1.72 bits per heavy atom. The van der Waals surface area contributed by atoms with E-state index in [-0.39, 0.29) is 5.92 Å². The van der Waals surface area contributed by atoms with Gasteiger partial charge >= 0.3 is 0 Å². The number of hydrogen-bond donors (Lipinski definition) is 0. The zero-order valence-corrected chi connectivity index (χ0v) is 17.1. The number of nitrogens with zero attached hydrogens (tertiary/aromatic N) is 2. The van der Waals surface area contributed by atoms with Gasteiger partial charge in [0.1, 0.15) is 17.5 Å². The van der Waals surface area contributed by atoms with Crippen LogP contribution in [0.4, 0.5) is 0 Å². The summed E-state index contributed by atoms with van der Waals surface area (Å²) in [4.78, 5) is 2.30. The number of hydrogen-bond acceptors (Lipinski definition) is 5. The Bertz CT molecular complexity index is 959. The molecule has 2 aliphatic rings. The molecule has 0 bridgehead atoms. The van der Waals surface area contributed by atoms with Crippen LogP contribution in [0.2, 0.25) is 0 Å². The number of benzene rings is 2. The lowest BCUT2D eigenvalue weighted by Gasteiger charge is -2.38. The largest absolute Gasteiger partial charge is 0.497 e. The average molecular weight is 390 g/mol. The van der Waals surface area contributed by atoms with Crippen molar-refractivity contribution in [3.05, 3.63) is 59.3 Å². The zero-order chi connectivity index (χ0) is 20.4. The van der Waals surface area contributed by atoms with E-state index < -0.39 is 0 Å². The molecule has 29 heavy (non-hydrogen) atoms. The van der Waals surface area contributed by atoms with Crippen molar-refractivity contribution in [3.8, 4) is 23.3 Å². The molecular weight excluding hydrogens is 364 g/mol. The summed E-state index contributed by atoms with van der Waals surface area (Å²) in [5.41, 5.74) is 4.09. The number of ether oxygens (including phenoxy) is 3. The summed E-state index contributed by atoms with van der Waals surface area (Å²) in [6.07, 6.45) is 3.25. The van der Waals surface area contributed by atoms with Gasteiger partial charge < -0.3 is 19.1 Å². The normalized spacial score (nSPS) is 20.8. The number of nitriles is 1. The SMILES string of the molecule is COc1ccc(C2=C(C#N)N3CCC[C@@H]3C[C@@H]2c2ccc(OC)c(OC)c2)cc1. The Morgan fingerprint density at radius 1 is 0.966 bits per heavy atom. The van der Waals surface area contributed by atoms with Crippen molar-refractivity contribution < 1.29 is 14.2 Å². The highest BCUT2D eigenvalue weighted by atomic mass is 16.5. The Morgan fingerprint density at radius 3 is 2.38 bits per heavy atom. The van der Waals surface area contributed by atoms with Crippen molar-refractivity contribution in [2.45, 2.75) is 31.2 Å². The highest BCUT2D eigenvalue weighted by Gasteiger charge is 2.38. The van der Waals surface area contributed by atoms with Crippen molar-refractivity contribution in [1.29, 1.82) is 5.26 Å². The zero-order valence-electron chi connectivity index (χ0n) is 17.1. The maximum absolute atomic E-state index is 10.1. The van der Waals surface area contributed by atoms with Gasteiger partial charge in [0.25, 0.3) is 0 Å². The van der Waals surface area contributed by atoms with Crippen molar-refractivity contribution in [2.24, 2.45) is 0 Å². The monoisotopic (exact) mass is 390 g/mol. The molecule has 0 unspecified atom stereocenters. The predicted molar refractivity (Wildman–Crippen MR) is 112 cm³/mol. The summed E-state index contributed by atoms with van der Waals surface area (Å²) in [5.74, 6) is 2.36. The molecule has 0 saturated carbocycles. The fourth-order valence-corrected chi connectivity index (χ4v) is 4.69. The molecule has 0 aliphatic carbocycles. The third-order valence-corrected chi connectivity index (χ3v) is 6.09. The summed E-state index contributed by atoms with van der Waals surface area (Å²) < 4.78 is 16.3. The minimum absolute atomic E-state index is 0.122. The molecule has 2 aliphatic heterocycles. The second-order valence-electron chi connectivity index (χ2n) is 7.49. The minimum atomic E-state index is 0.122. The van der Waals surface area contributed by atoms with Crippen molar-refractivity contribution in [2.75, 3.05) is 27.9 Å². The highest BCUT2D eigenvalue weighted by Crippen LogP contribution is 2.47. The van der Waals surface area contributed by atoms with E-state index in [0.29, 0.717) is 17.5 Å². The van der Waals surface area contributed by atoms with Crippen LogP contribution < -0.4 is 14.2 Å². The lowest BCUT2D eigenvalue weighted by Crippen LogP contribution is -2.35. The fraction of sp³-hybridized carbons (Fsp3) is 0.375. The lowest BCUT2D eigenvalue weighted by molar-refractivity contribution is 0.293. The van der Waals surface area contributed by atoms with Gasteiger partial charge in [-0.15, -0.1) is 0 Å². The van der Waals surface area contributed by atoms with Crippen molar-refractivity contribution in [1.82, 2.24) is 4.90 Å². The Labute approximate surface area is 172 Å². The molecule has 0 N–H and O–H groups in total. The number of rotatable bonds is 5. The van der Waals surface area contributed by atoms with E-state index in [4.69, 9.17) is 14.2 Å². The molecule has 0 aromatic heterocycles. The van der Waals surface area contributed by atoms with Gasteiger partial charge in [-0.2, -0.15) is 5.26 Å². The van der Waals surface area contributed by atoms with Gasteiger partial charge in [-0.1, -0.05) is 18.2 Å². The van der Waals surface area contributed by atoms with Crippen LogP contribution in [0.15, 0.2) is 48.2 Å². The van der Waals surface area contributed by atoms with Gasteiger partial charge in [0.2, 0.25) is 0 Å². The van der Waals surface area contributed by atoms with Crippen LogP contribution in [0.3, 0.4) is 0 Å². The second kappa shape index (κ2) is 8.08. The third kappa shape index (κ3) is 3.40. The average Bonchev–Trinajstić information content (AvgIpc) is 3.25. The molecule has 5 nitrogen and oxygen atoms in total. The van der Waals surface area contributed by atoms with Gasteiger partial charge in [-0.05, 0) is 54.7 Å².